The van der Waals surface area contributed by atoms with Crippen molar-refractivity contribution in [1.82, 2.24) is 5.32 Å². The van der Waals surface area contributed by atoms with E-state index in [1.54, 1.807) is 0 Å². The van der Waals surface area contributed by atoms with Crippen LogP contribution in [-0.4, -0.2) is 19.0 Å². The Balaban J connectivity index is 2.77. The molecule has 0 amide bonds. The van der Waals surface area contributed by atoms with Crippen molar-refractivity contribution in [1.29, 1.82) is 0 Å². The van der Waals surface area contributed by atoms with Crippen molar-refractivity contribution >= 4 is 11.6 Å². The van der Waals surface area contributed by atoms with Gasteiger partial charge in [-0.2, -0.15) is 0 Å². The largest absolute Gasteiger partial charge is 0.316 e. The highest BCUT2D eigenvalue weighted by atomic mass is 35.5. The highest BCUT2D eigenvalue weighted by molar-refractivity contribution is 6.17. The molecule has 2 heteroatoms. The van der Waals surface area contributed by atoms with Crippen LogP contribution in [0.15, 0.2) is 0 Å². The molecule has 10 heavy (non-hydrogen) atoms. The van der Waals surface area contributed by atoms with E-state index in [9.17, 15) is 0 Å². The lowest BCUT2D eigenvalue weighted by Gasteiger charge is -2.05. The van der Waals surface area contributed by atoms with E-state index in [4.69, 9.17) is 11.6 Å². The molecule has 0 aromatic heterocycles. The number of nitrogens with one attached hydrogen (secondary N) is 1. The van der Waals surface area contributed by atoms with Gasteiger partial charge in [-0.15, -0.1) is 11.6 Å². The minimum absolute atomic E-state index is 0.760. The van der Waals surface area contributed by atoms with Crippen LogP contribution in [0.25, 0.3) is 0 Å². The van der Waals surface area contributed by atoms with E-state index < -0.39 is 0 Å². The SMILES string of the molecule is CC(C)CNCCCCCl. The van der Waals surface area contributed by atoms with Crippen LogP contribution in [0.2, 0.25) is 0 Å². The van der Waals surface area contributed by atoms with Crippen LogP contribution in [0.5, 0.6) is 0 Å². The van der Waals surface area contributed by atoms with E-state index in [1.165, 1.54) is 6.42 Å². The first-order valence-corrected chi connectivity index (χ1v) is 4.57. The van der Waals surface area contributed by atoms with Gasteiger partial charge in [0.15, 0.2) is 0 Å². The Morgan fingerprint density at radius 2 is 2.00 bits per heavy atom. The first kappa shape index (κ1) is 10.2. The summed E-state index contributed by atoms with van der Waals surface area (Å²) >= 11 is 5.52. The molecule has 0 aliphatic carbocycles. The van der Waals surface area contributed by atoms with E-state index >= 15 is 0 Å². The van der Waals surface area contributed by atoms with Crippen LogP contribution in [0.4, 0.5) is 0 Å². The lowest BCUT2D eigenvalue weighted by atomic mass is 10.2. The summed E-state index contributed by atoms with van der Waals surface area (Å²) in [5.74, 6) is 1.56. The van der Waals surface area contributed by atoms with Gasteiger partial charge >= 0.3 is 0 Å². The summed E-state index contributed by atoms with van der Waals surface area (Å²) in [5, 5.41) is 3.36. The molecule has 0 aliphatic rings. The van der Waals surface area contributed by atoms with Gasteiger partial charge in [-0.1, -0.05) is 13.8 Å². The zero-order chi connectivity index (χ0) is 7.82. The van der Waals surface area contributed by atoms with Crippen LogP contribution < -0.4 is 5.32 Å². The maximum absolute atomic E-state index is 5.52. The van der Waals surface area contributed by atoms with Crippen molar-refractivity contribution in [3.05, 3.63) is 0 Å². The number of alkyl halides is 1. The average Bonchev–Trinajstić information content (AvgIpc) is 1.87. The molecule has 0 saturated carbocycles. The minimum Gasteiger partial charge on any atom is -0.316 e. The van der Waals surface area contributed by atoms with Crippen LogP contribution in [0, 0.1) is 5.92 Å². The van der Waals surface area contributed by atoms with Gasteiger partial charge in [0.2, 0.25) is 0 Å². The Morgan fingerprint density at radius 1 is 1.30 bits per heavy atom. The molecule has 0 radical (unpaired) electrons. The summed E-state index contributed by atoms with van der Waals surface area (Å²) in [6.45, 7) is 6.68. The van der Waals surface area contributed by atoms with E-state index in [1.807, 2.05) is 0 Å². The van der Waals surface area contributed by atoms with Crippen molar-refractivity contribution in [2.75, 3.05) is 19.0 Å². The molecule has 0 unspecified atom stereocenters. The third-order valence-electron chi connectivity index (χ3n) is 1.29. The molecule has 0 spiro atoms. The number of hydrogen-bond donors (Lipinski definition) is 1. The lowest BCUT2D eigenvalue weighted by Crippen LogP contribution is -2.20. The first-order valence-electron chi connectivity index (χ1n) is 4.04. The van der Waals surface area contributed by atoms with Crippen molar-refractivity contribution in [3.8, 4) is 0 Å². The molecule has 1 nitrogen and oxygen atoms in total. The fourth-order valence-electron chi connectivity index (χ4n) is 0.735. The summed E-state index contributed by atoms with van der Waals surface area (Å²) in [4.78, 5) is 0. The number of halogens is 1. The average molecular weight is 164 g/mol. The smallest absolute Gasteiger partial charge is 0.0223 e. The highest BCUT2D eigenvalue weighted by Crippen LogP contribution is 1.91. The standard InChI is InChI=1S/C8H18ClN/c1-8(2)7-10-6-4-3-5-9/h8,10H,3-7H2,1-2H3. The number of rotatable bonds is 6. The van der Waals surface area contributed by atoms with Crippen molar-refractivity contribution < 1.29 is 0 Å². The predicted octanol–water partition coefficient (Wildman–Crippen LogP) is 2.25. The van der Waals surface area contributed by atoms with E-state index in [-0.39, 0.29) is 0 Å². The molecule has 0 rings (SSSR count). The lowest BCUT2D eigenvalue weighted by molar-refractivity contribution is 0.541. The van der Waals surface area contributed by atoms with Gasteiger partial charge in [-0.05, 0) is 31.8 Å². The Labute approximate surface area is 69.1 Å². The normalized spacial score (nSPS) is 10.8. The Hall–Kier alpha value is 0.250. The quantitative estimate of drug-likeness (QED) is 0.468. The Bertz CT molecular complexity index is 64.3. The molecule has 0 bridgehead atoms. The minimum atomic E-state index is 0.760. The molecule has 0 saturated heterocycles. The molecule has 0 aromatic rings. The third-order valence-corrected chi connectivity index (χ3v) is 1.56. The van der Waals surface area contributed by atoms with Gasteiger partial charge in [0.25, 0.3) is 0 Å². The molecule has 0 heterocycles. The molecular weight excluding hydrogens is 146 g/mol. The summed E-state index contributed by atoms with van der Waals surface area (Å²) in [7, 11) is 0. The maximum atomic E-state index is 5.52. The van der Waals surface area contributed by atoms with Gasteiger partial charge in [0, 0.05) is 5.88 Å². The van der Waals surface area contributed by atoms with Gasteiger partial charge in [0.1, 0.15) is 0 Å². The molecule has 0 atom stereocenters. The second kappa shape index (κ2) is 7.36. The second-order valence-electron chi connectivity index (χ2n) is 2.99. The molecule has 0 aromatic carbocycles. The third kappa shape index (κ3) is 8.25. The number of hydrogen-bond acceptors (Lipinski definition) is 1. The van der Waals surface area contributed by atoms with E-state index in [2.05, 4.69) is 19.2 Å². The first-order chi connectivity index (χ1) is 4.77. The Morgan fingerprint density at radius 3 is 2.50 bits per heavy atom. The number of unbranched alkanes of at least 4 members (excludes halogenated alkanes) is 1. The van der Waals surface area contributed by atoms with Gasteiger partial charge < -0.3 is 5.32 Å². The van der Waals surface area contributed by atoms with Crippen LogP contribution in [0.3, 0.4) is 0 Å². The van der Waals surface area contributed by atoms with E-state index in [0.29, 0.717) is 0 Å². The van der Waals surface area contributed by atoms with E-state index in [0.717, 1.165) is 31.3 Å². The summed E-state index contributed by atoms with van der Waals surface area (Å²) in [6, 6.07) is 0. The summed E-state index contributed by atoms with van der Waals surface area (Å²) in [6.07, 6.45) is 2.34. The maximum Gasteiger partial charge on any atom is 0.0223 e. The molecular formula is C8H18ClN. The molecule has 62 valence electrons. The van der Waals surface area contributed by atoms with Crippen LogP contribution in [0.1, 0.15) is 26.7 Å². The second-order valence-corrected chi connectivity index (χ2v) is 3.37. The molecule has 0 fully saturated rings. The highest BCUT2D eigenvalue weighted by Gasteiger charge is 1.91. The fourth-order valence-corrected chi connectivity index (χ4v) is 0.924. The van der Waals surface area contributed by atoms with Crippen LogP contribution in [-0.2, 0) is 0 Å². The van der Waals surface area contributed by atoms with Crippen molar-refractivity contribution in [3.63, 3.8) is 0 Å². The Kier molecular flexibility index (Phi) is 7.54. The van der Waals surface area contributed by atoms with Gasteiger partial charge in [-0.3, -0.25) is 0 Å². The zero-order valence-corrected chi connectivity index (χ0v) is 7.75. The molecule has 0 aliphatic heterocycles. The van der Waals surface area contributed by atoms with Gasteiger partial charge in [0.05, 0.1) is 0 Å². The van der Waals surface area contributed by atoms with Gasteiger partial charge in [-0.25, -0.2) is 0 Å². The predicted molar refractivity (Wildman–Crippen MR) is 47.7 cm³/mol. The summed E-state index contributed by atoms with van der Waals surface area (Å²) < 4.78 is 0. The van der Waals surface area contributed by atoms with Crippen molar-refractivity contribution in [2.45, 2.75) is 26.7 Å². The summed E-state index contributed by atoms with van der Waals surface area (Å²) in [5.41, 5.74) is 0. The van der Waals surface area contributed by atoms with Crippen molar-refractivity contribution in [2.24, 2.45) is 5.92 Å². The monoisotopic (exact) mass is 163 g/mol. The fraction of sp³-hybridized carbons (Fsp3) is 1.00. The van der Waals surface area contributed by atoms with Crippen LogP contribution >= 0.6 is 11.6 Å². The molecule has 1 N–H and O–H groups in total. The topological polar surface area (TPSA) is 12.0 Å². The zero-order valence-electron chi connectivity index (χ0n) is 6.99.